The van der Waals surface area contributed by atoms with Crippen LogP contribution >= 0.6 is 11.6 Å². The number of aromatic amines is 1. The summed E-state index contributed by atoms with van der Waals surface area (Å²) >= 11 is 5.88. The van der Waals surface area contributed by atoms with Gasteiger partial charge in [-0.25, -0.2) is 5.10 Å². The minimum atomic E-state index is -0.235. The number of nitrogens with one attached hydrogen (secondary N) is 2. The van der Waals surface area contributed by atoms with Crippen molar-refractivity contribution in [1.29, 1.82) is 0 Å². The van der Waals surface area contributed by atoms with Crippen LogP contribution in [0.4, 0.5) is 5.69 Å². The number of amides is 1. The highest BCUT2D eigenvalue weighted by atomic mass is 35.5. The number of carbonyl (C=O) groups excluding carboxylic acids is 1. The van der Waals surface area contributed by atoms with E-state index in [0.29, 0.717) is 5.69 Å². The normalized spacial score (nSPS) is 20.6. The van der Waals surface area contributed by atoms with E-state index in [0.717, 1.165) is 24.1 Å². The average molecular weight is 304 g/mol. The van der Waals surface area contributed by atoms with Crippen molar-refractivity contribution >= 4 is 23.2 Å². The Balaban J connectivity index is 1.68. The van der Waals surface area contributed by atoms with E-state index in [-0.39, 0.29) is 22.8 Å². The van der Waals surface area contributed by atoms with Crippen molar-refractivity contribution in [2.75, 3.05) is 5.32 Å². The first-order valence-electron chi connectivity index (χ1n) is 6.73. The lowest BCUT2D eigenvalue weighted by atomic mass is 9.84. The number of H-pyrrole nitrogens is 1. The molecule has 21 heavy (non-hydrogen) atoms. The van der Waals surface area contributed by atoms with Gasteiger partial charge in [0.2, 0.25) is 5.91 Å². The topological polar surface area (TPSA) is 74.8 Å². The molecule has 1 aliphatic carbocycles. The van der Waals surface area contributed by atoms with E-state index in [1.807, 2.05) is 24.3 Å². The van der Waals surface area contributed by atoms with Crippen LogP contribution in [0.1, 0.15) is 12.8 Å². The molecule has 108 valence electrons. The molecule has 0 aliphatic heterocycles. The van der Waals surface area contributed by atoms with Gasteiger partial charge >= 0.3 is 0 Å². The zero-order valence-electron chi connectivity index (χ0n) is 11.2. The van der Waals surface area contributed by atoms with Gasteiger partial charge in [-0.05, 0) is 31.0 Å². The summed E-state index contributed by atoms with van der Waals surface area (Å²) in [6, 6.07) is 10.4. The second-order valence-corrected chi connectivity index (χ2v) is 5.76. The molecule has 0 unspecified atom stereocenters. The molecular weight excluding hydrogens is 290 g/mol. The quantitative estimate of drug-likeness (QED) is 0.855. The van der Waals surface area contributed by atoms with Crippen LogP contribution in [0.2, 0.25) is 0 Å². The van der Waals surface area contributed by atoms with Crippen molar-refractivity contribution in [2.45, 2.75) is 18.2 Å². The number of halogens is 1. The summed E-state index contributed by atoms with van der Waals surface area (Å²) in [5.74, 6) is 0.0369. The summed E-state index contributed by atoms with van der Waals surface area (Å²) in [4.78, 5) is 22.9. The zero-order valence-corrected chi connectivity index (χ0v) is 11.9. The van der Waals surface area contributed by atoms with Crippen LogP contribution in [0, 0.1) is 5.92 Å². The molecule has 1 heterocycles. The second kappa shape index (κ2) is 5.69. The first-order chi connectivity index (χ1) is 10.1. The lowest BCUT2D eigenvalue weighted by molar-refractivity contribution is -0.122. The molecule has 1 aromatic carbocycles. The highest BCUT2D eigenvalue weighted by Gasteiger charge is 2.32. The van der Waals surface area contributed by atoms with Gasteiger partial charge in [0.05, 0.1) is 5.69 Å². The Hall–Kier alpha value is -2.14. The fourth-order valence-corrected chi connectivity index (χ4v) is 2.67. The molecular formula is C15H14ClN3O2. The van der Waals surface area contributed by atoms with Crippen LogP contribution in [0.3, 0.4) is 0 Å². The van der Waals surface area contributed by atoms with Crippen molar-refractivity contribution in [1.82, 2.24) is 10.2 Å². The summed E-state index contributed by atoms with van der Waals surface area (Å²) in [5.41, 5.74) is 2.05. The van der Waals surface area contributed by atoms with Crippen LogP contribution in [-0.2, 0) is 4.79 Å². The number of alkyl halides is 1. The largest absolute Gasteiger partial charge is 0.326 e. The molecule has 0 atom stereocenters. The second-order valence-electron chi connectivity index (χ2n) is 5.14. The molecule has 1 aromatic heterocycles. The molecule has 2 aromatic rings. The number of benzene rings is 1. The van der Waals surface area contributed by atoms with Gasteiger partial charge in [0.15, 0.2) is 0 Å². The highest BCUT2D eigenvalue weighted by molar-refractivity contribution is 6.21. The Labute approximate surface area is 126 Å². The van der Waals surface area contributed by atoms with Crippen molar-refractivity contribution in [2.24, 2.45) is 5.92 Å². The predicted molar refractivity (Wildman–Crippen MR) is 81.3 cm³/mol. The lowest BCUT2D eigenvalue weighted by Crippen LogP contribution is -2.34. The molecule has 2 N–H and O–H groups in total. The smallest absolute Gasteiger partial charge is 0.264 e. The number of hydrogen-bond donors (Lipinski definition) is 2. The third-order valence-corrected chi connectivity index (χ3v) is 3.94. The number of rotatable bonds is 3. The van der Waals surface area contributed by atoms with E-state index in [1.165, 1.54) is 6.07 Å². The van der Waals surface area contributed by atoms with Gasteiger partial charge < -0.3 is 5.32 Å². The Bertz CT molecular complexity index is 685. The maximum Gasteiger partial charge on any atom is 0.264 e. The van der Waals surface area contributed by atoms with Gasteiger partial charge in [0, 0.05) is 28.6 Å². The molecule has 0 radical (unpaired) electrons. The van der Waals surface area contributed by atoms with Crippen LogP contribution in [0.15, 0.2) is 41.2 Å². The van der Waals surface area contributed by atoms with Gasteiger partial charge in [-0.1, -0.05) is 12.1 Å². The van der Waals surface area contributed by atoms with Gasteiger partial charge in [-0.3, -0.25) is 9.59 Å². The molecule has 1 amide bonds. The van der Waals surface area contributed by atoms with Crippen LogP contribution < -0.4 is 10.9 Å². The lowest BCUT2D eigenvalue weighted by Gasteiger charge is -2.29. The third kappa shape index (κ3) is 3.13. The third-order valence-electron chi connectivity index (χ3n) is 3.58. The van der Waals surface area contributed by atoms with Gasteiger partial charge in [-0.2, -0.15) is 5.10 Å². The summed E-state index contributed by atoms with van der Waals surface area (Å²) in [7, 11) is 0. The molecule has 0 saturated heterocycles. The zero-order chi connectivity index (χ0) is 14.8. The van der Waals surface area contributed by atoms with Crippen molar-refractivity contribution in [3.63, 3.8) is 0 Å². The number of aromatic nitrogens is 2. The molecule has 1 fully saturated rings. The van der Waals surface area contributed by atoms with Gasteiger partial charge in [0.25, 0.3) is 5.56 Å². The Kier molecular flexibility index (Phi) is 3.75. The summed E-state index contributed by atoms with van der Waals surface area (Å²) in [6.45, 7) is 0. The summed E-state index contributed by atoms with van der Waals surface area (Å²) in [5, 5.41) is 9.36. The molecule has 0 bridgehead atoms. The molecule has 1 saturated carbocycles. The van der Waals surface area contributed by atoms with Gasteiger partial charge in [0.1, 0.15) is 0 Å². The van der Waals surface area contributed by atoms with Crippen LogP contribution in [0.5, 0.6) is 0 Å². The average Bonchev–Trinajstić information content (AvgIpc) is 2.46. The molecule has 0 spiro atoms. The van der Waals surface area contributed by atoms with Crippen LogP contribution in [-0.4, -0.2) is 21.5 Å². The summed E-state index contributed by atoms with van der Waals surface area (Å²) < 4.78 is 0. The highest BCUT2D eigenvalue weighted by Crippen LogP contribution is 2.32. The number of hydrogen-bond acceptors (Lipinski definition) is 3. The molecule has 3 rings (SSSR count). The van der Waals surface area contributed by atoms with E-state index in [1.54, 1.807) is 6.07 Å². The maximum absolute atomic E-state index is 11.9. The Morgan fingerprint density at radius 1 is 1.19 bits per heavy atom. The molecule has 6 heteroatoms. The number of anilines is 1. The SMILES string of the molecule is O=c1ccc(-c2ccc(NC(=O)[C@H]3C[C@H](Cl)C3)cc2)n[nH]1. The first-order valence-corrected chi connectivity index (χ1v) is 7.16. The van der Waals surface area contributed by atoms with E-state index >= 15 is 0 Å². The number of carbonyl (C=O) groups is 1. The molecule has 5 nitrogen and oxygen atoms in total. The Morgan fingerprint density at radius 3 is 2.48 bits per heavy atom. The Morgan fingerprint density at radius 2 is 1.90 bits per heavy atom. The minimum absolute atomic E-state index is 0.0156. The van der Waals surface area contributed by atoms with Crippen LogP contribution in [0.25, 0.3) is 11.3 Å². The number of nitrogens with zero attached hydrogens (tertiary/aromatic N) is 1. The van der Waals surface area contributed by atoms with E-state index in [2.05, 4.69) is 15.5 Å². The minimum Gasteiger partial charge on any atom is -0.326 e. The predicted octanol–water partition coefficient (Wildman–Crippen LogP) is 2.39. The first kappa shape index (κ1) is 13.8. The van der Waals surface area contributed by atoms with E-state index in [4.69, 9.17) is 11.6 Å². The molecule has 1 aliphatic rings. The van der Waals surface area contributed by atoms with Crippen molar-refractivity contribution < 1.29 is 4.79 Å². The van der Waals surface area contributed by atoms with Crippen molar-refractivity contribution in [3.05, 3.63) is 46.8 Å². The van der Waals surface area contributed by atoms with Gasteiger partial charge in [-0.15, -0.1) is 11.6 Å². The fraction of sp³-hybridized carbons (Fsp3) is 0.267. The van der Waals surface area contributed by atoms with E-state index < -0.39 is 0 Å². The monoisotopic (exact) mass is 303 g/mol. The van der Waals surface area contributed by atoms with E-state index in [9.17, 15) is 9.59 Å². The van der Waals surface area contributed by atoms with Crippen molar-refractivity contribution in [3.8, 4) is 11.3 Å². The standard InChI is InChI=1S/C15H14ClN3O2/c16-11-7-10(8-11)15(21)17-12-3-1-9(2-4-12)13-5-6-14(20)19-18-13/h1-6,10-11H,7-8H2,(H,17,21)(H,19,20)/t10-,11-. The fourth-order valence-electron chi connectivity index (χ4n) is 2.24. The summed E-state index contributed by atoms with van der Waals surface area (Å²) in [6.07, 6.45) is 1.49. The maximum atomic E-state index is 11.9.